The molecule has 1 aromatic carbocycles. The van der Waals surface area contributed by atoms with Crippen LogP contribution in [0.4, 0.5) is 4.79 Å². The molecule has 0 bridgehead atoms. The van der Waals surface area contributed by atoms with E-state index < -0.39 is 23.7 Å². The van der Waals surface area contributed by atoms with Crippen molar-refractivity contribution in [3.05, 3.63) is 28.7 Å². The summed E-state index contributed by atoms with van der Waals surface area (Å²) in [5.41, 5.74) is 0.697. The van der Waals surface area contributed by atoms with Crippen molar-refractivity contribution < 1.29 is 28.6 Å². The van der Waals surface area contributed by atoms with Crippen molar-refractivity contribution in [2.24, 2.45) is 0 Å². The number of ether oxygens (including phenoxy) is 3. The van der Waals surface area contributed by atoms with Gasteiger partial charge in [0.2, 0.25) is 0 Å². The van der Waals surface area contributed by atoms with Crippen LogP contribution in [0.3, 0.4) is 0 Å². The van der Waals surface area contributed by atoms with E-state index in [2.05, 4.69) is 0 Å². The molecule has 2 rings (SSSR count). The van der Waals surface area contributed by atoms with Gasteiger partial charge in [0, 0.05) is 0 Å². The molecule has 0 spiro atoms. The first-order chi connectivity index (χ1) is 14.3. The van der Waals surface area contributed by atoms with Crippen LogP contribution < -0.4 is 9.47 Å². The molecular weight excluding hydrogens is 406 g/mol. The Bertz CT molecular complexity index is 822. The van der Waals surface area contributed by atoms with Crippen LogP contribution in [0.15, 0.2) is 23.1 Å². The van der Waals surface area contributed by atoms with E-state index in [0.29, 0.717) is 30.1 Å². The Kier molecular flexibility index (Phi) is 8.77. The third kappa shape index (κ3) is 6.26. The third-order valence-electron chi connectivity index (χ3n) is 4.54. The highest BCUT2D eigenvalue weighted by Crippen LogP contribution is 2.35. The topological polar surface area (TPSA) is 82.1 Å². The predicted octanol–water partition coefficient (Wildman–Crippen LogP) is 4.64. The molecule has 8 heteroatoms. The van der Waals surface area contributed by atoms with E-state index in [4.69, 9.17) is 14.2 Å². The lowest BCUT2D eigenvalue weighted by molar-refractivity contribution is -0.150. The van der Waals surface area contributed by atoms with Crippen LogP contribution in [0, 0.1) is 0 Å². The number of carbonyl (C=O) groups excluding carboxylic acids is 3. The maximum Gasteiger partial charge on any atom is 0.326 e. The summed E-state index contributed by atoms with van der Waals surface area (Å²) in [4.78, 5) is 38.0. The number of carbonyl (C=O) groups is 3. The Morgan fingerprint density at radius 3 is 2.43 bits per heavy atom. The van der Waals surface area contributed by atoms with E-state index >= 15 is 0 Å². The highest BCUT2D eigenvalue weighted by atomic mass is 32.2. The van der Waals surface area contributed by atoms with Crippen molar-refractivity contribution in [1.29, 1.82) is 0 Å². The van der Waals surface area contributed by atoms with Gasteiger partial charge in [-0.15, -0.1) is 0 Å². The fourth-order valence-corrected chi connectivity index (χ4v) is 3.38. The number of nitrogens with zero attached hydrogens (tertiary/aromatic N) is 1. The quantitative estimate of drug-likeness (QED) is 0.391. The van der Waals surface area contributed by atoms with E-state index in [9.17, 15) is 14.4 Å². The summed E-state index contributed by atoms with van der Waals surface area (Å²) in [7, 11) is 0. The summed E-state index contributed by atoms with van der Waals surface area (Å²) in [6.07, 6.45) is 2.91. The first-order valence-electron chi connectivity index (χ1n) is 10.2. The molecule has 1 fully saturated rings. The maximum absolute atomic E-state index is 12.6. The lowest BCUT2D eigenvalue weighted by Gasteiger charge is -2.16. The number of imide groups is 1. The molecule has 1 heterocycles. The van der Waals surface area contributed by atoms with Gasteiger partial charge in [-0.1, -0.05) is 19.9 Å². The average Bonchev–Trinajstić information content (AvgIpc) is 2.97. The van der Waals surface area contributed by atoms with Crippen molar-refractivity contribution in [2.45, 2.75) is 59.7 Å². The molecule has 0 saturated carbocycles. The number of rotatable bonds is 10. The number of benzene rings is 1. The van der Waals surface area contributed by atoms with Gasteiger partial charge in [0.1, 0.15) is 6.54 Å². The molecule has 1 aliphatic rings. The van der Waals surface area contributed by atoms with E-state index in [1.54, 1.807) is 31.2 Å². The molecular formula is C22H29NO6S. The molecule has 0 aromatic heterocycles. The van der Waals surface area contributed by atoms with Gasteiger partial charge in [0.15, 0.2) is 11.5 Å². The second kappa shape index (κ2) is 11.1. The van der Waals surface area contributed by atoms with Crippen LogP contribution in [0.5, 0.6) is 11.5 Å². The minimum Gasteiger partial charge on any atom is -0.490 e. The fraction of sp³-hybridized carbons (Fsp3) is 0.500. The van der Waals surface area contributed by atoms with Crippen LogP contribution in [0.25, 0.3) is 6.08 Å². The van der Waals surface area contributed by atoms with Crippen molar-refractivity contribution in [2.75, 3.05) is 13.2 Å². The number of hydrogen-bond donors (Lipinski definition) is 0. The van der Waals surface area contributed by atoms with Crippen LogP contribution >= 0.6 is 11.8 Å². The highest BCUT2D eigenvalue weighted by molar-refractivity contribution is 8.18. The van der Waals surface area contributed by atoms with Crippen LogP contribution in [-0.4, -0.2) is 47.4 Å². The molecule has 164 valence electrons. The Hall–Kier alpha value is -2.48. The maximum atomic E-state index is 12.6. The average molecular weight is 436 g/mol. The van der Waals surface area contributed by atoms with Gasteiger partial charge >= 0.3 is 5.97 Å². The van der Waals surface area contributed by atoms with Crippen molar-refractivity contribution >= 4 is 35.0 Å². The molecule has 2 amide bonds. The lowest BCUT2D eigenvalue weighted by atomic mass is 10.1. The minimum absolute atomic E-state index is 0.0433. The Balaban J connectivity index is 2.18. The fourth-order valence-electron chi connectivity index (χ4n) is 2.54. The van der Waals surface area contributed by atoms with Gasteiger partial charge < -0.3 is 14.2 Å². The molecule has 1 saturated heterocycles. The zero-order chi connectivity index (χ0) is 22.3. The van der Waals surface area contributed by atoms with Gasteiger partial charge in [-0.2, -0.15) is 0 Å². The molecule has 30 heavy (non-hydrogen) atoms. The third-order valence-corrected chi connectivity index (χ3v) is 5.44. The molecule has 0 unspecified atom stereocenters. The van der Waals surface area contributed by atoms with Crippen LogP contribution in [0.1, 0.15) is 53.0 Å². The SMILES string of the molecule is CCOc1cc(/C=C2/SC(=O)N(CC(=O)O[C@@H](C)CC)C2=O)ccc1O[C@H](C)CC. The first kappa shape index (κ1) is 23.8. The van der Waals surface area contributed by atoms with Gasteiger partial charge in [0.05, 0.1) is 23.7 Å². The summed E-state index contributed by atoms with van der Waals surface area (Å²) in [5, 5.41) is -0.492. The van der Waals surface area contributed by atoms with E-state index in [-0.39, 0.29) is 17.1 Å². The molecule has 0 radical (unpaired) electrons. The first-order valence-corrected chi connectivity index (χ1v) is 11.0. The Morgan fingerprint density at radius 2 is 1.80 bits per heavy atom. The second-order valence-electron chi connectivity index (χ2n) is 6.95. The van der Waals surface area contributed by atoms with E-state index in [0.717, 1.165) is 23.1 Å². The van der Waals surface area contributed by atoms with Gasteiger partial charge in [0.25, 0.3) is 11.1 Å². The largest absolute Gasteiger partial charge is 0.490 e. The summed E-state index contributed by atoms with van der Waals surface area (Å²) in [6, 6.07) is 5.36. The van der Waals surface area contributed by atoms with E-state index in [1.807, 2.05) is 27.7 Å². The summed E-state index contributed by atoms with van der Waals surface area (Å²) < 4.78 is 16.7. The summed E-state index contributed by atoms with van der Waals surface area (Å²) >= 11 is 0.800. The standard InChI is InChI=1S/C22H29NO6S/c1-6-14(4)28-17-10-9-16(11-18(17)27-8-3)12-19-21(25)23(22(26)30-19)13-20(24)29-15(5)7-2/h9-12,14-15H,6-8,13H2,1-5H3/b19-12+/t14-,15+/m1/s1. The number of amides is 2. The molecule has 7 nitrogen and oxygen atoms in total. The van der Waals surface area contributed by atoms with Gasteiger partial charge in [-0.3, -0.25) is 19.3 Å². The molecule has 1 aromatic rings. The number of thioether (sulfide) groups is 1. The zero-order valence-corrected chi connectivity index (χ0v) is 18.9. The molecule has 0 aliphatic carbocycles. The normalized spacial score (nSPS) is 17.2. The predicted molar refractivity (Wildman–Crippen MR) is 117 cm³/mol. The second-order valence-corrected chi connectivity index (χ2v) is 7.95. The molecule has 0 N–H and O–H groups in total. The minimum atomic E-state index is -0.599. The Labute approximate surface area is 181 Å². The smallest absolute Gasteiger partial charge is 0.326 e. The van der Waals surface area contributed by atoms with Gasteiger partial charge in [-0.05, 0) is 69.1 Å². The molecule has 1 aliphatic heterocycles. The monoisotopic (exact) mass is 435 g/mol. The zero-order valence-electron chi connectivity index (χ0n) is 18.1. The summed E-state index contributed by atoms with van der Waals surface area (Å²) in [5.74, 6) is 0.0919. The summed E-state index contributed by atoms with van der Waals surface area (Å²) in [6.45, 7) is 9.61. The number of hydrogen-bond acceptors (Lipinski definition) is 7. The van der Waals surface area contributed by atoms with Crippen LogP contribution in [-0.2, 0) is 14.3 Å². The lowest BCUT2D eigenvalue weighted by Crippen LogP contribution is -2.35. The van der Waals surface area contributed by atoms with E-state index in [1.165, 1.54) is 0 Å². The highest BCUT2D eigenvalue weighted by Gasteiger charge is 2.36. The van der Waals surface area contributed by atoms with Crippen molar-refractivity contribution in [1.82, 2.24) is 4.90 Å². The van der Waals surface area contributed by atoms with Crippen molar-refractivity contribution in [3.63, 3.8) is 0 Å². The molecule has 2 atom stereocenters. The van der Waals surface area contributed by atoms with Crippen LogP contribution in [0.2, 0.25) is 0 Å². The Morgan fingerprint density at radius 1 is 1.10 bits per heavy atom. The van der Waals surface area contributed by atoms with Crippen molar-refractivity contribution in [3.8, 4) is 11.5 Å². The number of esters is 1. The van der Waals surface area contributed by atoms with Gasteiger partial charge in [-0.25, -0.2) is 0 Å².